The van der Waals surface area contributed by atoms with Gasteiger partial charge in [0.25, 0.3) is 0 Å². The Bertz CT molecular complexity index is 278. The van der Waals surface area contributed by atoms with E-state index in [-0.39, 0.29) is 12.2 Å². The number of methoxy groups -OCH3 is 1. The molecule has 1 aromatic rings. The van der Waals surface area contributed by atoms with Gasteiger partial charge in [-0.2, -0.15) is 0 Å². The predicted octanol–water partition coefficient (Wildman–Crippen LogP) is 1.79. The molecule has 82 valence electrons. The number of rotatable bonds is 3. The van der Waals surface area contributed by atoms with Crippen molar-refractivity contribution in [2.75, 3.05) is 26.9 Å². The van der Waals surface area contributed by atoms with Crippen molar-refractivity contribution >= 4 is 0 Å². The number of ether oxygens (including phenoxy) is 3. The van der Waals surface area contributed by atoms with Crippen LogP contribution in [0.1, 0.15) is 11.7 Å². The molecule has 1 aliphatic rings. The topological polar surface area (TPSA) is 27.7 Å². The summed E-state index contributed by atoms with van der Waals surface area (Å²) >= 11 is 0. The highest BCUT2D eigenvalue weighted by Crippen LogP contribution is 2.22. The van der Waals surface area contributed by atoms with Crippen molar-refractivity contribution < 1.29 is 14.2 Å². The summed E-state index contributed by atoms with van der Waals surface area (Å²) in [5.41, 5.74) is 1.17. The third kappa shape index (κ3) is 2.78. The molecule has 1 fully saturated rings. The van der Waals surface area contributed by atoms with Crippen molar-refractivity contribution in [2.24, 2.45) is 0 Å². The van der Waals surface area contributed by atoms with E-state index in [4.69, 9.17) is 14.2 Å². The van der Waals surface area contributed by atoms with Gasteiger partial charge in [-0.25, -0.2) is 0 Å². The molecule has 1 aromatic carbocycles. The average Bonchev–Trinajstić information content (AvgIpc) is 2.32. The summed E-state index contributed by atoms with van der Waals surface area (Å²) in [5.74, 6) is 0. The molecule has 0 aliphatic carbocycles. The zero-order valence-corrected chi connectivity index (χ0v) is 8.89. The lowest BCUT2D eigenvalue weighted by Crippen LogP contribution is -2.34. The fraction of sp³-hybridized carbons (Fsp3) is 0.500. The van der Waals surface area contributed by atoms with E-state index in [2.05, 4.69) is 12.1 Å². The van der Waals surface area contributed by atoms with E-state index in [0.717, 1.165) is 0 Å². The maximum Gasteiger partial charge on any atom is 0.106 e. The minimum Gasteiger partial charge on any atom is -0.382 e. The van der Waals surface area contributed by atoms with Gasteiger partial charge in [0.05, 0.1) is 19.8 Å². The number of benzene rings is 1. The summed E-state index contributed by atoms with van der Waals surface area (Å²) in [7, 11) is 1.67. The molecule has 0 bridgehead atoms. The molecular formula is C12H16O3. The summed E-state index contributed by atoms with van der Waals surface area (Å²) in [5, 5.41) is 0. The third-order valence-corrected chi connectivity index (χ3v) is 2.49. The standard InChI is InChI=1S/C12H16O3/c1-13-7-11-8-15-12(9-14-11)10-5-3-2-4-6-10/h2-6,11-12H,7-9H2,1H3. The molecule has 3 nitrogen and oxygen atoms in total. The van der Waals surface area contributed by atoms with Gasteiger partial charge < -0.3 is 14.2 Å². The van der Waals surface area contributed by atoms with Crippen LogP contribution in [0.25, 0.3) is 0 Å². The molecule has 0 spiro atoms. The van der Waals surface area contributed by atoms with Crippen LogP contribution in [0.3, 0.4) is 0 Å². The van der Waals surface area contributed by atoms with Crippen molar-refractivity contribution in [3.63, 3.8) is 0 Å². The molecule has 2 atom stereocenters. The van der Waals surface area contributed by atoms with Crippen LogP contribution in [0.15, 0.2) is 30.3 Å². The van der Waals surface area contributed by atoms with Gasteiger partial charge in [0.15, 0.2) is 0 Å². The first-order valence-electron chi connectivity index (χ1n) is 5.17. The van der Waals surface area contributed by atoms with E-state index >= 15 is 0 Å². The Morgan fingerprint density at radius 2 is 2.00 bits per heavy atom. The Kier molecular flexibility index (Phi) is 3.72. The molecule has 1 saturated heterocycles. The lowest BCUT2D eigenvalue weighted by atomic mass is 10.1. The van der Waals surface area contributed by atoms with Crippen LogP contribution in [0.2, 0.25) is 0 Å². The Hall–Kier alpha value is -0.900. The lowest BCUT2D eigenvalue weighted by molar-refractivity contribution is -0.150. The fourth-order valence-electron chi connectivity index (χ4n) is 1.69. The fourth-order valence-corrected chi connectivity index (χ4v) is 1.69. The van der Waals surface area contributed by atoms with Crippen molar-refractivity contribution in [3.8, 4) is 0 Å². The van der Waals surface area contributed by atoms with Crippen LogP contribution < -0.4 is 0 Å². The molecule has 1 aliphatic heterocycles. The van der Waals surface area contributed by atoms with Gasteiger partial charge in [-0.1, -0.05) is 30.3 Å². The average molecular weight is 208 g/mol. The first kappa shape index (κ1) is 10.6. The molecule has 1 heterocycles. The van der Waals surface area contributed by atoms with Crippen LogP contribution in [0.4, 0.5) is 0 Å². The maximum absolute atomic E-state index is 5.72. The quantitative estimate of drug-likeness (QED) is 0.758. The number of hydrogen-bond donors (Lipinski definition) is 0. The highest BCUT2D eigenvalue weighted by Gasteiger charge is 2.22. The van der Waals surface area contributed by atoms with E-state index in [9.17, 15) is 0 Å². The first-order chi connectivity index (χ1) is 7.40. The van der Waals surface area contributed by atoms with Gasteiger partial charge in [-0.05, 0) is 5.56 Å². The maximum atomic E-state index is 5.72. The third-order valence-electron chi connectivity index (χ3n) is 2.49. The molecule has 2 rings (SSSR count). The van der Waals surface area contributed by atoms with Crippen molar-refractivity contribution in [1.82, 2.24) is 0 Å². The smallest absolute Gasteiger partial charge is 0.106 e. The SMILES string of the molecule is COCC1COC(c2ccccc2)CO1. The van der Waals surface area contributed by atoms with Gasteiger partial charge >= 0.3 is 0 Å². The van der Waals surface area contributed by atoms with E-state index in [1.165, 1.54) is 5.56 Å². The highest BCUT2D eigenvalue weighted by atomic mass is 16.6. The van der Waals surface area contributed by atoms with E-state index in [1.54, 1.807) is 7.11 Å². The summed E-state index contributed by atoms with van der Waals surface area (Å²) in [4.78, 5) is 0. The van der Waals surface area contributed by atoms with Crippen LogP contribution >= 0.6 is 0 Å². The molecule has 3 heteroatoms. The Morgan fingerprint density at radius 1 is 1.20 bits per heavy atom. The van der Waals surface area contributed by atoms with Crippen molar-refractivity contribution in [3.05, 3.63) is 35.9 Å². The molecule has 0 radical (unpaired) electrons. The molecular weight excluding hydrogens is 192 g/mol. The van der Waals surface area contributed by atoms with Crippen LogP contribution in [0.5, 0.6) is 0 Å². The zero-order valence-electron chi connectivity index (χ0n) is 8.89. The second kappa shape index (κ2) is 5.26. The monoisotopic (exact) mass is 208 g/mol. The first-order valence-corrected chi connectivity index (χ1v) is 5.17. The van der Waals surface area contributed by atoms with E-state index in [1.807, 2.05) is 18.2 Å². The van der Waals surface area contributed by atoms with Crippen LogP contribution in [-0.4, -0.2) is 33.0 Å². The zero-order chi connectivity index (χ0) is 10.5. The van der Waals surface area contributed by atoms with Gasteiger partial charge in [0, 0.05) is 7.11 Å². The molecule has 0 amide bonds. The largest absolute Gasteiger partial charge is 0.382 e. The second-order valence-electron chi connectivity index (χ2n) is 3.64. The van der Waals surface area contributed by atoms with Gasteiger partial charge in [-0.3, -0.25) is 0 Å². The summed E-state index contributed by atoms with van der Waals surface area (Å²) < 4.78 is 16.4. The minimum atomic E-state index is 0.0688. The summed E-state index contributed by atoms with van der Waals surface area (Å²) in [6, 6.07) is 10.1. The van der Waals surface area contributed by atoms with Crippen LogP contribution in [-0.2, 0) is 14.2 Å². The molecule has 15 heavy (non-hydrogen) atoms. The van der Waals surface area contributed by atoms with Gasteiger partial charge in [0.1, 0.15) is 12.2 Å². The number of hydrogen-bond acceptors (Lipinski definition) is 3. The van der Waals surface area contributed by atoms with Gasteiger partial charge in [-0.15, -0.1) is 0 Å². The Balaban J connectivity index is 1.88. The van der Waals surface area contributed by atoms with Crippen LogP contribution in [0, 0.1) is 0 Å². The normalized spacial score (nSPS) is 26.5. The summed E-state index contributed by atoms with van der Waals surface area (Å²) in [6.45, 7) is 1.81. The Morgan fingerprint density at radius 3 is 2.60 bits per heavy atom. The summed E-state index contributed by atoms with van der Waals surface area (Å²) in [6.07, 6.45) is 0.147. The molecule has 0 saturated carbocycles. The van der Waals surface area contributed by atoms with Crippen molar-refractivity contribution in [2.45, 2.75) is 12.2 Å². The minimum absolute atomic E-state index is 0.0688. The van der Waals surface area contributed by atoms with Gasteiger partial charge in [0.2, 0.25) is 0 Å². The highest BCUT2D eigenvalue weighted by molar-refractivity contribution is 5.17. The second-order valence-corrected chi connectivity index (χ2v) is 3.64. The molecule has 0 aromatic heterocycles. The molecule has 0 N–H and O–H groups in total. The van der Waals surface area contributed by atoms with E-state index in [0.29, 0.717) is 19.8 Å². The van der Waals surface area contributed by atoms with E-state index < -0.39 is 0 Å². The Labute approximate surface area is 90.0 Å². The van der Waals surface area contributed by atoms with Crippen molar-refractivity contribution in [1.29, 1.82) is 0 Å². The predicted molar refractivity (Wildman–Crippen MR) is 56.8 cm³/mol. The molecule has 2 unspecified atom stereocenters. The lowest BCUT2D eigenvalue weighted by Gasteiger charge is -2.29.